The fourth-order valence-corrected chi connectivity index (χ4v) is 6.96. The molecule has 2 N–H and O–H groups in total. The summed E-state index contributed by atoms with van der Waals surface area (Å²) in [5.41, 5.74) is -0.184. The Morgan fingerprint density at radius 3 is 2.79 bits per heavy atom. The monoisotopic (exact) mass is 328 g/mol. The lowest BCUT2D eigenvalue weighted by Crippen LogP contribution is -2.55. The Hall–Kier alpha value is -1.11. The zero-order valence-corrected chi connectivity index (χ0v) is 14.5. The molecule has 4 aliphatic carbocycles. The highest BCUT2D eigenvalue weighted by atomic mass is 16.3. The van der Waals surface area contributed by atoms with Crippen LogP contribution in [0.1, 0.15) is 58.3 Å². The van der Waals surface area contributed by atoms with E-state index in [0.29, 0.717) is 36.5 Å². The molecular weight excluding hydrogens is 300 g/mol. The number of fused-ring (bicyclic) bond motifs is 5. The summed E-state index contributed by atoms with van der Waals surface area (Å²) >= 11 is 0. The molecule has 24 heavy (non-hydrogen) atoms. The van der Waals surface area contributed by atoms with E-state index >= 15 is 0 Å². The second kappa shape index (κ2) is 5.44. The number of aliphatic hydroxyl groups is 2. The number of rotatable bonds is 1. The number of hydrogen-bond acceptors (Lipinski definition) is 3. The molecule has 4 rings (SSSR count). The Bertz CT molecular complexity index is 629. The van der Waals surface area contributed by atoms with E-state index in [0.717, 1.165) is 44.1 Å². The first-order chi connectivity index (χ1) is 11.5. The van der Waals surface area contributed by atoms with Crippen molar-refractivity contribution in [3.63, 3.8) is 0 Å². The van der Waals surface area contributed by atoms with E-state index < -0.39 is 11.7 Å². The third-order valence-corrected chi connectivity index (χ3v) is 8.07. The molecule has 0 aliphatic heterocycles. The van der Waals surface area contributed by atoms with E-state index in [-0.39, 0.29) is 11.2 Å². The topological polar surface area (TPSA) is 57.5 Å². The molecule has 0 saturated heterocycles. The second-order valence-corrected chi connectivity index (χ2v) is 8.53. The zero-order valence-electron chi connectivity index (χ0n) is 14.5. The third-order valence-electron chi connectivity index (χ3n) is 8.07. The predicted molar refractivity (Wildman–Crippen MR) is 91.9 cm³/mol. The number of carbonyl (C=O) groups is 1. The average Bonchev–Trinajstić information content (AvgIpc) is 2.89. The van der Waals surface area contributed by atoms with Gasteiger partial charge in [0.1, 0.15) is 5.60 Å². The molecule has 0 heterocycles. The highest BCUT2D eigenvalue weighted by Gasteiger charge is 2.64. The molecule has 0 aromatic rings. The lowest BCUT2D eigenvalue weighted by atomic mass is 9.49. The predicted octanol–water partition coefficient (Wildman–Crippen LogP) is 2.85. The van der Waals surface area contributed by atoms with Gasteiger partial charge in [0.25, 0.3) is 0 Å². The zero-order chi connectivity index (χ0) is 17.1. The van der Waals surface area contributed by atoms with Gasteiger partial charge in [0.2, 0.25) is 0 Å². The number of aliphatic hydroxyl groups excluding tert-OH is 1. The lowest BCUT2D eigenvalue weighted by Gasteiger charge is -2.56. The summed E-state index contributed by atoms with van der Waals surface area (Å²) in [7, 11) is 0. The normalized spacial score (nSPS) is 50.3. The van der Waals surface area contributed by atoms with Crippen molar-refractivity contribution in [2.24, 2.45) is 29.1 Å². The van der Waals surface area contributed by atoms with Crippen LogP contribution in [0.3, 0.4) is 0 Å². The van der Waals surface area contributed by atoms with E-state index in [1.807, 2.05) is 0 Å². The standard InChI is InChI=1S/C21H28O3/c1-3-20-9-7-15-14-6-5-13(22)11-17(14)19(23)12-16(15)18(20)8-10-21(20,24)4-2/h2,11,14-16,18-19,23-24H,3,5-10,12H2,1H3/t14-,15+,16-,18-,19-,20+,21-/m1/s1. The fourth-order valence-electron chi connectivity index (χ4n) is 6.96. The van der Waals surface area contributed by atoms with Crippen LogP contribution in [0, 0.1) is 41.4 Å². The summed E-state index contributed by atoms with van der Waals surface area (Å²) in [6.45, 7) is 2.16. The Morgan fingerprint density at radius 2 is 2.08 bits per heavy atom. The summed E-state index contributed by atoms with van der Waals surface area (Å²) in [4.78, 5) is 11.8. The smallest absolute Gasteiger partial charge is 0.155 e. The minimum Gasteiger partial charge on any atom is -0.389 e. The molecule has 7 atom stereocenters. The van der Waals surface area contributed by atoms with Gasteiger partial charge in [-0.25, -0.2) is 0 Å². The van der Waals surface area contributed by atoms with Gasteiger partial charge in [0.15, 0.2) is 5.78 Å². The highest BCUT2D eigenvalue weighted by molar-refractivity contribution is 5.91. The van der Waals surface area contributed by atoms with Crippen LogP contribution >= 0.6 is 0 Å². The van der Waals surface area contributed by atoms with E-state index in [2.05, 4.69) is 12.8 Å². The molecule has 0 bridgehead atoms. The average molecular weight is 328 g/mol. The number of terminal acetylenes is 1. The summed E-state index contributed by atoms with van der Waals surface area (Å²) in [6, 6.07) is 0. The van der Waals surface area contributed by atoms with Gasteiger partial charge < -0.3 is 10.2 Å². The maximum atomic E-state index is 11.8. The van der Waals surface area contributed by atoms with E-state index in [1.54, 1.807) is 6.08 Å². The summed E-state index contributed by atoms with van der Waals surface area (Å²) in [6.07, 6.45) is 13.8. The minimum atomic E-state index is -0.985. The van der Waals surface area contributed by atoms with Gasteiger partial charge in [-0.15, -0.1) is 6.42 Å². The first kappa shape index (κ1) is 16.4. The largest absolute Gasteiger partial charge is 0.389 e. The Morgan fingerprint density at radius 1 is 1.29 bits per heavy atom. The molecule has 4 aliphatic rings. The molecule has 3 fully saturated rings. The van der Waals surface area contributed by atoms with Crippen molar-refractivity contribution < 1.29 is 15.0 Å². The molecule has 0 unspecified atom stereocenters. The molecule has 0 aromatic heterocycles. The molecule has 3 nitrogen and oxygen atoms in total. The Balaban J connectivity index is 1.71. The maximum absolute atomic E-state index is 11.8. The van der Waals surface area contributed by atoms with Gasteiger partial charge in [-0.1, -0.05) is 12.8 Å². The van der Waals surface area contributed by atoms with E-state index in [4.69, 9.17) is 6.42 Å². The van der Waals surface area contributed by atoms with Crippen LogP contribution in [0.15, 0.2) is 11.6 Å². The van der Waals surface area contributed by atoms with Crippen molar-refractivity contribution in [2.75, 3.05) is 0 Å². The van der Waals surface area contributed by atoms with Crippen LogP contribution in [-0.2, 0) is 4.79 Å². The quantitative estimate of drug-likeness (QED) is 0.728. The highest BCUT2D eigenvalue weighted by Crippen LogP contribution is 2.66. The molecule has 0 amide bonds. The molecule has 0 aromatic carbocycles. The van der Waals surface area contributed by atoms with Crippen molar-refractivity contribution in [1.29, 1.82) is 0 Å². The van der Waals surface area contributed by atoms with Crippen LogP contribution < -0.4 is 0 Å². The summed E-state index contributed by atoms with van der Waals surface area (Å²) in [5, 5.41) is 21.8. The van der Waals surface area contributed by atoms with Gasteiger partial charge in [-0.05, 0) is 80.3 Å². The van der Waals surface area contributed by atoms with Gasteiger partial charge >= 0.3 is 0 Å². The fraction of sp³-hybridized carbons (Fsp3) is 0.762. The van der Waals surface area contributed by atoms with Gasteiger partial charge in [-0.3, -0.25) is 4.79 Å². The van der Waals surface area contributed by atoms with Crippen molar-refractivity contribution in [2.45, 2.75) is 70.0 Å². The lowest BCUT2D eigenvalue weighted by molar-refractivity contribution is -0.119. The maximum Gasteiger partial charge on any atom is 0.155 e. The van der Waals surface area contributed by atoms with Crippen molar-refractivity contribution in [3.8, 4) is 12.3 Å². The Labute approximate surface area is 144 Å². The second-order valence-electron chi connectivity index (χ2n) is 8.53. The van der Waals surface area contributed by atoms with Crippen LogP contribution in [0.5, 0.6) is 0 Å². The molecule has 130 valence electrons. The first-order valence-electron chi connectivity index (χ1n) is 9.58. The molecule has 0 radical (unpaired) electrons. The number of ketones is 1. The Kier molecular flexibility index (Phi) is 3.71. The van der Waals surface area contributed by atoms with Crippen molar-refractivity contribution >= 4 is 5.78 Å². The van der Waals surface area contributed by atoms with Crippen LogP contribution in [0.25, 0.3) is 0 Å². The SMILES string of the molecule is C#C[C@@]1(O)CC[C@@H]2[C@@H]3C[C@@H](O)C4=CC(=O)CC[C@@H]4[C@@H]3CC[C@@]21CC. The van der Waals surface area contributed by atoms with Gasteiger partial charge in [-0.2, -0.15) is 0 Å². The van der Waals surface area contributed by atoms with Crippen LogP contribution in [0.4, 0.5) is 0 Å². The minimum absolute atomic E-state index is 0.167. The van der Waals surface area contributed by atoms with Gasteiger partial charge in [0.05, 0.1) is 6.10 Å². The molecular formula is C21H28O3. The number of carbonyl (C=O) groups excluding carboxylic acids is 1. The van der Waals surface area contributed by atoms with Crippen LogP contribution in [0.2, 0.25) is 0 Å². The molecule has 3 saturated carbocycles. The third kappa shape index (κ3) is 1.96. The number of hydrogen-bond donors (Lipinski definition) is 2. The van der Waals surface area contributed by atoms with Crippen molar-refractivity contribution in [3.05, 3.63) is 11.6 Å². The van der Waals surface area contributed by atoms with Crippen molar-refractivity contribution in [1.82, 2.24) is 0 Å². The van der Waals surface area contributed by atoms with E-state index in [9.17, 15) is 15.0 Å². The van der Waals surface area contributed by atoms with E-state index in [1.165, 1.54) is 0 Å². The first-order valence-corrected chi connectivity index (χ1v) is 9.58. The summed E-state index contributed by atoms with van der Waals surface area (Å²) < 4.78 is 0. The van der Waals surface area contributed by atoms with Crippen LogP contribution in [-0.4, -0.2) is 27.7 Å². The molecule has 3 heteroatoms. The molecule has 0 spiro atoms. The summed E-state index contributed by atoms with van der Waals surface area (Å²) in [5.74, 6) is 4.62. The van der Waals surface area contributed by atoms with Gasteiger partial charge in [0, 0.05) is 11.8 Å².